The van der Waals surface area contributed by atoms with Gasteiger partial charge in [0.2, 0.25) is 0 Å². The van der Waals surface area contributed by atoms with Gasteiger partial charge >= 0.3 is 11.9 Å². The predicted octanol–water partition coefficient (Wildman–Crippen LogP) is -1.61. The third-order valence-electron chi connectivity index (χ3n) is 4.38. The summed E-state index contributed by atoms with van der Waals surface area (Å²) >= 11 is 0. The Hall–Kier alpha value is -1.22. The van der Waals surface area contributed by atoms with E-state index in [-0.39, 0.29) is 13.1 Å². The van der Waals surface area contributed by atoms with E-state index in [0.717, 1.165) is 65.4 Å². The van der Waals surface area contributed by atoms with Crippen molar-refractivity contribution in [2.24, 2.45) is 0 Å². The average Bonchev–Trinajstić information content (AvgIpc) is 2.58. The predicted molar refractivity (Wildman–Crippen MR) is 81.0 cm³/mol. The second kappa shape index (κ2) is 8.42. The smallest absolute Gasteiger partial charge is 0.317 e. The Morgan fingerprint density at radius 3 is 1.14 bits per heavy atom. The van der Waals surface area contributed by atoms with Crippen LogP contribution in [0.3, 0.4) is 0 Å². The molecule has 2 saturated heterocycles. The van der Waals surface area contributed by atoms with Crippen molar-refractivity contribution < 1.29 is 19.8 Å². The minimum Gasteiger partial charge on any atom is -0.480 e. The lowest BCUT2D eigenvalue weighted by atomic mass is 10.3. The normalized spacial score (nSPS) is 28.7. The number of hydrogen-bond acceptors (Lipinski definition) is 6. The highest BCUT2D eigenvalue weighted by atomic mass is 16.4. The van der Waals surface area contributed by atoms with E-state index >= 15 is 0 Å². The van der Waals surface area contributed by atoms with Crippen LogP contribution < -0.4 is 0 Å². The molecule has 0 radical (unpaired) electrons. The van der Waals surface area contributed by atoms with Crippen molar-refractivity contribution in [3.05, 3.63) is 0 Å². The number of carboxylic acids is 2. The molecule has 0 spiro atoms. The fraction of sp³-hybridized carbons (Fsp3) is 0.857. The molecule has 2 aliphatic heterocycles. The van der Waals surface area contributed by atoms with Crippen LogP contribution >= 0.6 is 0 Å². The van der Waals surface area contributed by atoms with Crippen LogP contribution in [0.15, 0.2) is 0 Å². The van der Waals surface area contributed by atoms with Crippen molar-refractivity contribution in [3.8, 4) is 0 Å². The van der Waals surface area contributed by atoms with Crippen LogP contribution in [0.5, 0.6) is 0 Å². The van der Waals surface area contributed by atoms with Crippen LogP contribution in [-0.4, -0.2) is 120 Å². The zero-order chi connectivity index (χ0) is 15.9. The van der Waals surface area contributed by atoms with E-state index in [2.05, 4.69) is 9.80 Å². The van der Waals surface area contributed by atoms with Crippen LogP contribution in [0.25, 0.3) is 0 Å². The highest BCUT2D eigenvalue weighted by molar-refractivity contribution is 5.69. The van der Waals surface area contributed by atoms with E-state index in [9.17, 15) is 9.59 Å². The third kappa shape index (κ3) is 5.88. The lowest BCUT2D eigenvalue weighted by Crippen LogP contribution is -2.44. The fourth-order valence-electron chi connectivity index (χ4n) is 3.01. The molecule has 0 aromatic carbocycles. The lowest BCUT2D eigenvalue weighted by Gasteiger charge is -2.28. The Bertz CT molecular complexity index is 341. The SMILES string of the molecule is O=C(O)CN1CCN2CCN(CC1)CCN(CC(=O)O)CC2. The Morgan fingerprint density at radius 2 is 0.864 bits per heavy atom. The van der Waals surface area contributed by atoms with Crippen molar-refractivity contribution in [1.29, 1.82) is 0 Å². The molecule has 8 heteroatoms. The minimum atomic E-state index is -0.780. The zero-order valence-corrected chi connectivity index (χ0v) is 13.0. The van der Waals surface area contributed by atoms with Crippen LogP contribution in [0.2, 0.25) is 0 Å². The monoisotopic (exact) mass is 314 g/mol. The highest BCUT2D eigenvalue weighted by Crippen LogP contribution is 2.04. The summed E-state index contributed by atoms with van der Waals surface area (Å²) in [5.41, 5.74) is 0. The number of rotatable bonds is 4. The molecule has 8 nitrogen and oxygen atoms in total. The number of carboxylic acid groups (broad SMARTS) is 2. The van der Waals surface area contributed by atoms with Crippen molar-refractivity contribution >= 4 is 11.9 Å². The van der Waals surface area contributed by atoms with E-state index in [1.165, 1.54) is 0 Å². The first-order valence-electron chi connectivity index (χ1n) is 7.86. The van der Waals surface area contributed by atoms with Gasteiger partial charge < -0.3 is 10.2 Å². The summed E-state index contributed by atoms with van der Waals surface area (Å²) < 4.78 is 0. The Balaban J connectivity index is 1.98. The molecule has 2 aliphatic rings. The minimum absolute atomic E-state index is 0.0901. The highest BCUT2D eigenvalue weighted by Gasteiger charge is 2.21. The maximum Gasteiger partial charge on any atom is 0.317 e. The van der Waals surface area contributed by atoms with Crippen LogP contribution in [0.1, 0.15) is 0 Å². The van der Waals surface area contributed by atoms with Gasteiger partial charge in [0, 0.05) is 65.4 Å². The molecule has 0 aromatic rings. The molecule has 0 aliphatic carbocycles. The second-order valence-corrected chi connectivity index (χ2v) is 6.02. The molecule has 0 atom stereocenters. The molecule has 2 rings (SSSR count). The van der Waals surface area contributed by atoms with Gasteiger partial charge in [-0.15, -0.1) is 0 Å². The molecule has 2 fully saturated rings. The number of aliphatic carboxylic acids is 2. The summed E-state index contributed by atoms with van der Waals surface area (Å²) in [5.74, 6) is -1.56. The molecule has 2 bridgehead atoms. The number of carbonyl (C=O) groups is 2. The van der Waals surface area contributed by atoms with Crippen molar-refractivity contribution in [2.75, 3.05) is 78.5 Å². The number of nitrogens with zero attached hydrogens (tertiary/aromatic N) is 4. The first-order chi connectivity index (χ1) is 10.5. The van der Waals surface area contributed by atoms with Gasteiger partial charge in [0.15, 0.2) is 0 Å². The van der Waals surface area contributed by atoms with Gasteiger partial charge in [-0.2, -0.15) is 0 Å². The van der Waals surface area contributed by atoms with Gasteiger partial charge in [-0.3, -0.25) is 29.2 Å². The quantitative estimate of drug-likeness (QED) is 0.641. The molecule has 126 valence electrons. The van der Waals surface area contributed by atoms with Crippen LogP contribution in [0.4, 0.5) is 0 Å². The first kappa shape index (κ1) is 17.1. The summed E-state index contributed by atoms with van der Waals surface area (Å²) in [6.07, 6.45) is 0. The number of hydrogen-bond donors (Lipinski definition) is 2. The van der Waals surface area contributed by atoms with Gasteiger partial charge in [0.1, 0.15) is 0 Å². The summed E-state index contributed by atoms with van der Waals surface area (Å²) in [5, 5.41) is 18.0. The van der Waals surface area contributed by atoms with Gasteiger partial charge in [0.25, 0.3) is 0 Å². The van der Waals surface area contributed by atoms with Gasteiger partial charge in [0.05, 0.1) is 13.1 Å². The molecular formula is C14H26N4O4. The largest absolute Gasteiger partial charge is 0.480 e. The topological polar surface area (TPSA) is 87.6 Å². The van der Waals surface area contributed by atoms with Gasteiger partial charge in [-0.25, -0.2) is 0 Å². The molecule has 2 heterocycles. The van der Waals surface area contributed by atoms with Crippen molar-refractivity contribution in [2.45, 2.75) is 0 Å². The Kier molecular flexibility index (Phi) is 6.56. The summed E-state index contributed by atoms with van der Waals surface area (Å²) in [7, 11) is 0. The average molecular weight is 314 g/mol. The fourth-order valence-corrected chi connectivity index (χ4v) is 3.01. The molecule has 22 heavy (non-hydrogen) atoms. The number of fused-ring (bicyclic) bond motifs is 3. The van der Waals surface area contributed by atoms with Crippen LogP contribution in [0, 0.1) is 0 Å². The van der Waals surface area contributed by atoms with Gasteiger partial charge in [-0.1, -0.05) is 0 Å². The van der Waals surface area contributed by atoms with Crippen molar-refractivity contribution in [3.63, 3.8) is 0 Å². The maximum atomic E-state index is 10.9. The molecule has 0 amide bonds. The third-order valence-corrected chi connectivity index (χ3v) is 4.38. The second-order valence-electron chi connectivity index (χ2n) is 6.02. The molecular weight excluding hydrogens is 288 g/mol. The van der Waals surface area contributed by atoms with E-state index in [0.29, 0.717) is 0 Å². The van der Waals surface area contributed by atoms with E-state index in [4.69, 9.17) is 10.2 Å². The molecule has 0 saturated carbocycles. The van der Waals surface area contributed by atoms with Crippen LogP contribution in [-0.2, 0) is 9.59 Å². The standard InChI is InChI=1S/C14H26N4O4/c19-13(20)11-17-7-3-15-1-2-16(5-9-17)6-10-18(8-4-15)12-14(21)22/h1-12H2,(H,19,20)(H,21,22). The summed E-state index contributed by atoms with van der Waals surface area (Å²) in [6.45, 7) is 8.44. The van der Waals surface area contributed by atoms with Gasteiger partial charge in [-0.05, 0) is 0 Å². The molecule has 0 unspecified atom stereocenters. The van der Waals surface area contributed by atoms with Crippen molar-refractivity contribution in [1.82, 2.24) is 19.6 Å². The molecule has 2 N–H and O–H groups in total. The molecule has 0 aromatic heterocycles. The summed E-state index contributed by atoms with van der Waals surface area (Å²) in [6, 6.07) is 0. The lowest BCUT2D eigenvalue weighted by molar-refractivity contribution is -0.139. The first-order valence-corrected chi connectivity index (χ1v) is 7.86. The van der Waals surface area contributed by atoms with E-state index in [1.54, 1.807) is 0 Å². The zero-order valence-electron chi connectivity index (χ0n) is 13.0. The Morgan fingerprint density at radius 1 is 0.591 bits per heavy atom. The van der Waals surface area contributed by atoms with E-state index < -0.39 is 11.9 Å². The Labute approximate surface area is 130 Å². The maximum absolute atomic E-state index is 10.9. The summed E-state index contributed by atoms with van der Waals surface area (Å²) in [4.78, 5) is 30.5. The van der Waals surface area contributed by atoms with E-state index in [1.807, 2.05) is 9.80 Å².